The van der Waals surface area contributed by atoms with Crippen LogP contribution in [0.3, 0.4) is 0 Å². The van der Waals surface area contributed by atoms with E-state index >= 15 is 0 Å². The van der Waals surface area contributed by atoms with Gasteiger partial charge in [0.1, 0.15) is 5.41 Å². The van der Waals surface area contributed by atoms with Gasteiger partial charge in [0.05, 0.1) is 0 Å². The normalized spacial score (nSPS) is 14.0. The Balaban J connectivity index is 2.77. The van der Waals surface area contributed by atoms with Crippen molar-refractivity contribution in [1.82, 2.24) is 4.57 Å². The first kappa shape index (κ1) is 14.7. The van der Waals surface area contributed by atoms with Gasteiger partial charge in [-0.05, 0) is 37.1 Å². The lowest BCUT2D eigenvalue weighted by Gasteiger charge is -2.31. The zero-order chi connectivity index (χ0) is 14.9. The molecule has 2 rings (SSSR count). The summed E-state index contributed by atoms with van der Waals surface area (Å²) in [6, 6.07) is 9.46. The van der Waals surface area contributed by atoms with Gasteiger partial charge >= 0.3 is 5.97 Å². The number of aliphatic carboxylic acids is 1. The number of rotatable bonds is 4. The fraction of sp³-hybridized carbons (Fsp3) is 0.312. The average molecular weight is 289 g/mol. The van der Waals surface area contributed by atoms with Crippen LogP contribution in [0.4, 0.5) is 0 Å². The lowest BCUT2D eigenvalue weighted by Crippen LogP contribution is -2.38. The molecule has 0 saturated heterocycles. The third kappa shape index (κ3) is 2.14. The summed E-state index contributed by atoms with van der Waals surface area (Å²) in [6.45, 7) is 3.87. The molecule has 0 amide bonds. The Kier molecular flexibility index (Phi) is 3.95. The van der Waals surface area contributed by atoms with Crippen LogP contribution >= 0.6 is 12.6 Å². The van der Waals surface area contributed by atoms with Crippen LogP contribution in [0, 0.1) is 6.92 Å². The predicted molar refractivity (Wildman–Crippen MR) is 82.6 cm³/mol. The van der Waals surface area contributed by atoms with Crippen molar-refractivity contribution in [3.63, 3.8) is 0 Å². The highest BCUT2D eigenvalue weighted by atomic mass is 32.1. The van der Waals surface area contributed by atoms with Gasteiger partial charge in [-0.15, -0.1) is 12.6 Å². The van der Waals surface area contributed by atoms with E-state index in [9.17, 15) is 9.90 Å². The van der Waals surface area contributed by atoms with Crippen LogP contribution in [0.1, 0.15) is 30.2 Å². The van der Waals surface area contributed by atoms with Crippen LogP contribution in [0.25, 0.3) is 0 Å². The van der Waals surface area contributed by atoms with E-state index in [0.29, 0.717) is 6.42 Å². The van der Waals surface area contributed by atoms with Crippen LogP contribution in [0.2, 0.25) is 0 Å². The van der Waals surface area contributed by atoms with Gasteiger partial charge in [0.25, 0.3) is 0 Å². The molecule has 1 unspecified atom stereocenters. The summed E-state index contributed by atoms with van der Waals surface area (Å²) in [4.78, 5) is 12.8. The topological polar surface area (TPSA) is 42.2 Å². The van der Waals surface area contributed by atoms with E-state index in [1.165, 1.54) is 0 Å². The van der Waals surface area contributed by atoms with Crippen molar-refractivity contribution in [2.75, 3.05) is 0 Å². The Morgan fingerprint density at radius 1 is 1.40 bits per heavy atom. The predicted octanol–water partition coefficient (Wildman–Crippen LogP) is 3.40. The molecule has 0 fully saturated rings. The molecule has 0 aliphatic heterocycles. The summed E-state index contributed by atoms with van der Waals surface area (Å²) in [5.74, 6) is -0.846. The quantitative estimate of drug-likeness (QED) is 0.847. The fourth-order valence-corrected chi connectivity index (χ4v) is 3.26. The highest BCUT2D eigenvalue weighted by molar-refractivity contribution is 7.80. The van der Waals surface area contributed by atoms with Crippen molar-refractivity contribution < 1.29 is 9.90 Å². The van der Waals surface area contributed by atoms with E-state index in [0.717, 1.165) is 21.7 Å². The van der Waals surface area contributed by atoms with Crippen molar-refractivity contribution in [3.8, 4) is 0 Å². The number of thiol groups is 1. The zero-order valence-corrected chi connectivity index (χ0v) is 12.8. The molecule has 1 N–H and O–H groups in total. The number of aromatic nitrogens is 1. The van der Waals surface area contributed by atoms with Crippen LogP contribution in [0.5, 0.6) is 0 Å². The molecule has 0 radical (unpaired) electrons. The van der Waals surface area contributed by atoms with E-state index in [4.69, 9.17) is 0 Å². The third-order valence-corrected chi connectivity index (χ3v) is 4.26. The van der Waals surface area contributed by atoms with Gasteiger partial charge < -0.3 is 9.67 Å². The summed E-state index contributed by atoms with van der Waals surface area (Å²) < 4.78 is 1.87. The van der Waals surface area contributed by atoms with E-state index < -0.39 is 11.4 Å². The van der Waals surface area contributed by atoms with Crippen molar-refractivity contribution in [3.05, 3.63) is 53.3 Å². The molecular weight excluding hydrogens is 270 g/mol. The molecule has 106 valence electrons. The number of hydrogen-bond donors (Lipinski definition) is 2. The maximum atomic E-state index is 12.1. The number of nitrogens with zero attached hydrogens (tertiary/aromatic N) is 1. The Bertz CT molecular complexity index is 648. The minimum atomic E-state index is -1.07. The van der Waals surface area contributed by atoms with Crippen molar-refractivity contribution in [1.29, 1.82) is 0 Å². The number of aryl methyl sites for hydroxylation is 2. The van der Waals surface area contributed by atoms with Gasteiger partial charge in [0.15, 0.2) is 0 Å². The van der Waals surface area contributed by atoms with Gasteiger partial charge in [-0.2, -0.15) is 0 Å². The summed E-state index contributed by atoms with van der Waals surface area (Å²) in [6.07, 6.45) is 2.34. The molecule has 1 heterocycles. The second-order valence-corrected chi connectivity index (χ2v) is 5.57. The number of hydrogen-bond acceptors (Lipinski definition) is 2. The Morgan fingerprint density at radius 2 is 2.10 bits per heavy atom. The molecule has 20 heavy (non-hydrogen) atoms. The second-order valence-electron chi connectivity index (χ2n) is 5.09. The van der Waals surface area contributed by atoms with Crippen LogP contribution in [-0.2, 0) is 17.3 Å². The number of carboxylic acid groups (broad SMARTS) is 1. The third-order valence-electron chi connectivity index (χ3n) is 3.89. The first-order valence-electron chi connectivity index (χ1n) is 6.58. The van der Waals surface area contributed by atoms with Gasteiger partial charge in [-0.3, -0.25) is 4.79 Å². The first-order valence-corrected chi connectivity index (χ1v) is 7.03. The second kappa shape index (κ2) is 5.37. The summed E-state index contributed by atoms with van der Waals surface area (Å²) >= 11 is 4.50. The molecule has 4 heteroatoms. The summed E-state index contributed by atoms with van der Waals surface area (Å²) in [5.41, 5.74) is 1.51. The molecule has 0 aliphatic rings. The van der Waals surface area contributed by atoms with E-state index in [1.54, 1.807) is 0 Å². The summed E-state index contributed by atoms with van der Waals surface area (Å²) in [7, 11) is 1.87. The smallest absolute Gasteiger partial charge is 0.320 e. The number of carbonyl (C=O) groups is 1. The minimum absolute atomic E-state index is 0.469. The molecule has 1 aromatic heterocycles. The lowest BCUT2D eigenvalue weighted by molar-refractivity contribution is -0.142. The first-order chi connectivity index (χ1) is 9.43. The van der Waals surface area contributed by atoms with Crippen LogP contribution < -0.4 is 0 Å². The molecule has 1 aromatic carbocycles. The van der Waals surface area contributed by atoms with Gasteiger partial charge in [-0.25, -0.2) is 0 Å². The standard InChI is InChI=1S/C16H19NO2S/c1-4-16(15(18)19,14-6-5-9-17(14)3)12-8-7-11(2)10-13(12)20/h5-10,20H,4H2,1-3H3,(H,18,19). The van der Waals surface area contributed by atoms with Crippen molar-refractivity contribution >= 4 is 18.6 Å². The summed E-state index contributed by atoms with van der Waals surface area (Å²) in [5, 5.41) is 9.92. The minimum Gasteiger partial charge on any atom is -0.480 e. The molecule has 0 aliphatic carbocycles. The fourth-order valence-electron chi connectivity index (χ4n) is 2.79. The SMILES string of the molecule is CCC(C(=O)O)(c1ccc(C)cc1S)c1cccn1C. The van der Waals surface area contributed by atoms with E-state index in [2.05, 4.69) is 12.6 Å². The van der Waals surface area contributed by atoms with Gasteiger partial charge in [0.2, 0.25) is 0 Å². The maximum absolute atomic E-state index is 12.1. The van der Waals surface area contributed by atoms with E-state index in [-0.39, 0.29) is 0 Å². The molecule has 1 atom stereocenters. The van der Waals surface area contributed by atoms with Gasteiger partial charge in [0, 0.05) is 23.8 Å². The van der Waals surface area contributed by atoms with Gasteiger partial charge in [-0.1, -0.05) is 24.6 Å². The van der Waals surface area contributed by atoms with Crippen molar-refractivity contribution in [2.45, 2.75) is 30.6 Å². The zero-order valence-electron chi connectivity index (χ0n) is 11.9. The molecule has 3 nitrogen and oxygen atoms in total. The molecule has 2 aromatic rings. The number of benzene rings is 1. The average Bonchev–Trinajstić information content (AvgIpc) is 2.80. The Hall–Kier alpha value is -1.68. The lowest BCUT2D eigenvalue weighted by atomic mass is 9.75. The highest BCUT2D eigenvalue weighted by Crippen LogP contribution is 2.39. The highest BCUT2D eigenvalue weighted by Gasteiger charge is 2.43. The molecular formula is C16H19NO2S. The Labute approximate surface area is 124 Å². The van der Waals surface area contributed by atoms with Crippen LogP contribution in [0.15, 0.2) is 41.4 Å². The van der Waals surface area contributed by atoms with Crippen molar-refractivity contribution in [2.24, 2.45) is 7.05 Å². The maximum Gasteiger partial charge on any atom is 0.320 e. The molecule has 0 saturated carbocycles. The molecule has 0 spiro atoms. The number of carboxylic acids is 1. The molecule has 0 bridgehead atoms. The Morgan fingerprint density at radius 3 is 2.55 bits per heavy atom. The largest absolute Gasteiger partial charge is 0.480 e. The van der Waals surface area contributed by atoms with Crippen LogP contribution in [-0.4, -0.2) is 15.6 Å². The monoisotopic (exact) mass is 289 g/mol. The van der Waals surface area contributed by atoms with E-state index in [1.807, 2.05) is 62.0 Å².